The molecule has 0 aliphatic carbocycles. The number of halogens is 3. The van der Waals surface area contributed by atoms with E-state index in [-0.39, 0.29) is 17.3 Å². The van der Waals surface area contributed by atoms with Gasteiger partial charge in [0.25, 0.3) is 5.91 Å². The Hall–Kier alpha value is -0.250. The van der Waals surface area contributed by atoms with E-state index >= 15 is 0 Å². The Balaban J connectivity index is 2.73. The Morgan fingerprint density at radius 2 is 2.12 bits per heavy atom. The number of nitrogens with one attached hydrogen (secondary N) is 1. The summed E-state index contributed by atoms with van der Waals surface area (Å²) in [5, 5.41) is 3.32. The molecule has 1 aromatic rings. The van der Waals surface area contributed by atoms with Gasteiger partial charge in [0.2, 0.25) is 0 Å². The van der Waals surface area contributed by atoms with Crippen LogP contribution >= 0.6 is 39.1 Å². The molecular formula is C12H14BrCl2NO. The summed E-state index contributed by atoms with van der Waals surface area (Å²) in [6.07, 6.45) is 0.721. The van der Waals surface area contributed by atoms with Gasteiger partial charge in [0.1, 0.15) is 0 Å². The van der Waals surface area contributed by atoms with Gasteiger partial charge in [0, 0.05) is 15.9 Å². The molecule has 0 heterocycles. The molecule has 2 atom stereocenters. The third-order valence-electron chi connectivity index (χ3n) is 2.25. The Kier molecular flexibility index (Phi) is 5.77. The maximum Gasteiger partial charge on any atom is 0.253 e. The summed E-state index contributed by atoms with van der Waals surface area (Å²) in [6, 6.07) is 5.28. The van der Waals surface area contributed by atoms with Crippen LogP contribution in [0.2, 0.25) is 5.02 Å². The Labute approximate surface area is 120 Å². The summed E-state index contributed by atoms with van der Waals surface area (Å²) in [4.78, 5) is 12.0. The Bertz CT molecular complexity index is 409. The monoisotopic (exact) mass is 337 g/mol. The highest BCUT2D eigenvalue weighted by Gasteiger charge is 2.15. The van der Waals surface area contributed by atoms with E-state index in [1.165, 1.54) is 0 Å². The van der Waals surface area contributed by atoms with Crippen LogP contribution in [-0.4, -0.2) is 17.3 Å². The summed E-state index contributed by atoms with van der Waals surface area (Å²) < 4.78 is 0.713. The van der Waals surface area contributed by atoms with E-state index in [9.17, 15) is 4.79 Å². The molecule has 94 valence electrons. The molecule has 5 heteroatoms. The van der Waals surface area contributed by atoms with Crippen molar-refractivity contribution in [3.63, 3.8) is 0 Å². The fourth-order valence-corrected chi connectivity index (χ4v) is 2.37. The van der Waals surface area contributed by atoms with Crippen LogP contribution in [0.4, 0.5) is 0 Å². The Morgan fingerprint density at radius 1 is 1.47 bits per heavy atom. The van der Waals surface area contributed by atoms with Crippen molar-refractivity contribution in [3.05, 3.63) is 33.3 Å². The topological polar surface area (TPSA) is 29.1 Å². The molecule has 0 radical (unpaired) electrons. The van der Waals surface area contributed by atoms with Crippen LogP contribution in [0.3, 0.4) is 0 Å². The molecule has 0 bridgehead atoms. The lowest BCUT2D eigenvalue weighted by Crippen LogP contribution is -2.34. The molecule has 17 heavy (non-hydrogen) atoms. The average molecular weight is 339 g/mol. The molecule has 1 rings (SSSR count). The lowest BCUT2D eigenvalue weighted by Gasteiger charge is -2.15. The van der Waals surface area contributed by atoms with Gasteiger partial charge in [-0.05, 0) is 48.3 Å². The molecule has 1 aromatic carbocycles. The lowest BCUT2D eigenvalue weighted by molar-refractivity contribution is 0.0938. The van der Waals surface area contributed by atoms with Crippen LogP contribution in [0, 0.1) is 0 Å². The number of carbonyl (C=O) groups is 1. The highest BCUT2D eigenvalue weighted by Crippen LogP contribution is 2.26. The quantitative estimate of drug-likeness (QED) is 0.817. The van der Waals surface area contributed by atoms with Crippen molar-refractivity contribution in [1.29, 1.82) is 0 Å². The summed E-state index contributed by atoms with van der Waals surface area (Å²) in [5.41, 5.74) is 0.468. The zero-order chi connectivity index (χ0) is 13.0. The third kappa shape index (κ3) is 4.49. The average Bonchev–Trinajstić information content (AvgIpc) is 2.20. The smallest absolute Gasteiger partial charge is 0.253 e. The lowest BCUT2D eigenvalue weighted by atomic mass is 10.1. The summed E-state index contributed by atoms with van der Waals surface area (Å²) in [6.45, 7) is 3.82. The summed E-state index contributed by atoms with van der Waals surface area (Å²) in [7, 11) is 0. The number of amides is 1. The second kappa shape index (κ2) is 6.62. The van der Waals surface area contributed by atoms with Crippen LogP contribution in [0.5, 0.6) is 0 Å². The number of alkyl halides is 1. The zero-order valence-electron chi connectivity index (χ0n) is 9.64. The van der Waals surface area contributed by atoms with Crippen LogP contribution in [0.25, 0.3) is 0 Å². The molecule has 2 nitrogen and oxygen atoms in total. The second-order valence-electron chi connectivity index (χ2n) is 3.99. The molecule has 1 N–H and O–H groups in total. The van der Waals surface area contributed by atoms with Crippen molar-refractivity contribution in [2.45, 2.75) is 31.7 Å². The molecule has 1 amide bonds. The SMILES string of the molecule is CC(Cl)CC(C)NC(=O)c1cccc(Br)c1Cl. The molecule has 2 unspecified atom stereocenters. The predicted octanol–water partition coefficient (Wildman–Crippen LogP) is 4.24. The number of carbonyl (C=O) groups excluding carboxylic acids is 1. The number of benzene rings is 1. The van der Waals surface area contributed by atoms with Crippen molar-refractivity contribution in [1.82, 2.24) is 5.32 Å². The number of rotatable bonds is 4. The minimum Gasteiger partial charge on any atom is -0.349 e. The van der Waals surface area contributed by atoms with Crippen molar-refractivity contribution >= 4 is 45.0 Å². The van der Waals surface area contributed by atoms with Gasteiger partial charge in [-0.1, -0.05) is 17.7 Å². The fraction of sp³-hybridized carbons (Fsp3) is 0.417. The maximum absolute atomic E-state index is 12.0. The summed E-state index contributed by atoms with van der Waals surface area (Å²) >= 11 is 15.2. The molecule has 0 aliphatic rings. The van der Waals surface area contributed by atoms with Gasteiger partial charge in [-0.2, -0.15) is 0 Å². The van der Waals surface area contributed by atoms with Crippen molar-refractivity contribution in [3.8, 4) is 0 Å². The van der Waals surface area contributed by atoms with Gasteiger partial charge in [-0.3, -0.25) is 4.79 Å². The molecule has 0 aliphatic heterocycles. The fourth-order valence-electron chi connectivity index (χ4n) is 1.53. The highest BCUT2D eigenvalue weighted by atomic mass is 79.9. The van der Waals surface area contributed by atoms with E-state index in [0.29, 0.717) is 15.1 Å². The van der Waals surface area contributed by atoms with E-state index < -0.39 is 0 Å². The normalized spacial score (nSPS) is 14.2. The molecule has 0 saturated heterocycles. The summed E-state index contributed by atoms with van der Waals surface area (Å²) in [5.74, 6) is -0.180. The minimum atomic E-state index is -0.180. The first-order valence-electron chi connectivity index (χ1n) is 5.30. The van der Waals surface area contributed by atoms with Gasteiger partial charge in [-0.15, -0.1) is 11.6 Å². The van der Waals surface area contributed by atoms with Crippen molar-refractivity contribution in [2.24, 2.45) is 0 Å². The van der Waals surface area contributed by atoms with Gasteiger partial charge in [0.15, 0.2) is 0 Å². The Morgan fingerprint density at radius 3 is 2.71 bits per heavy atom. The minimum absolute atomic E-state index is 0.0186. The van der Waals surface area contributed by atoms with E-state index in [1.54, 1.807) is 18.2 Å². The first-order chi connectivity index (χ1) is 7.91. The van der Waals surface area contributed by atoms with Gasteiger partial charge in [-0.25, -0.2) is 0 Å². The number of hydrogen-bond donors (Lipinski definition) is 1. The highest BCUT2D eigenvalue weighted by molar-refractivity contribution is 9.10. The number of hydrogen-bond acceptors (Lipinski definition) is 1. The maximum atomic E-state index is 12.0. The van der Waals surface area contributed by atoms with Gasteiger partial charge in [0.05, 0.1) is 10.6 Å². The third-order valence-corrected chi connectivity index (χ3v) is 3.73. The molecule has 0 aromatic heterocycles. The van der Waals surface area contributed by atoms with Gasteiger partial charge >= 0.3 is 0 Å². The van der Waals surface area contributed by atoms with Crippen LogP contribution < -0.4 is 5.32 Å². The molecular weight excluding hydrogens is 325 g/mol. The molecule has 0 saturated carbocycles. The molecule has 0 fully saturated rings. The van der Waals surface area contributed by atoms with Crippen LogP contribution in [-0.2, 0) is 0 Å². The van der Waals surface area contributed by atoms with Crippen LogP contribution in [0.1, 0.15) is 30.6 Å². The van der Waals surface area contributed by atoms with Crippen molar-refractivity contribution < 1.29 is 4.79 Å². The van der Waals surface area contributed by atoms with E-state index in [2.05, 4.69) is 21.2 Å². The van der Waals surface area contributed by atoms with E-state index in [0.717, 1.165) is 6.42 Å². The first-order valence-corrected chi connectivity index (χ1v) is 6.91. The van der Waals surface area contributed by atoms with Crippen molar-refractivity contribution in [2.75, 3.05) is 0 Å². The van der Waals surface area contributed by atoms with Crippen LogP contribution in [0.15, 0.2) is 22.7 Å². The van der Waals surface area contributed by atoms with E-state index in [4.69, 9.17) is 23.2 Å². The van der Waals surface area contributed by atoms with E-state index in [1.807, 2.05) is 13.8 Å². The molecule has 0 spiro atoms. The largest absolute Gasteiger partial charge is 0.349 e. The standard InChI is InChI=1S/C12H14BrCl2NO/c1-7(14)6-8(2)16-12(17)9-4-3-5-10(13)11(9)15/h3-5,7-8H,6H2,1-2H3,(H,16,17). The zero-order valence-corrected chi connectivity index (χ0v) is 12.7. The first kappa shape index (κ1) is 14.8. The van der Waals surface area contributed by atoms with Gasteiger partial charge < -0.3 is 5.32 Å². The predicted molar refractivity (Wildman–Crippen MR) is 76.0 cm³/mol. The second-order valence-corrected chi connectivity index (χ2v) is 5.97.